The molecule has 0 N–H and O–H groups in total. The molecule has 6 nitrogen and oxygen atoms in total. The molecule has 2 heterocycles. The van der Waals surface area contributed by atoms with Gasteiger partial charge in [0.05, 0.1) is 31.9 Å². The number of carbonyl (C=O) groups excluding carboxylic acids is 1. The van der Waals surface area contributed by atoms with E-state index in [0.717, 1.165) is 63.0 Å². The van der Waals surface area contributed by atoms with Gasteiger partial charge in [-0.3, -0.25) is 4.79 Å². The number of benzene rings is 2. The van der Waals surface area contributed by atoms with Gasteiger partial charge in [-0.15, -0.1) is 12.4 Å². The molecular weight excluding hydrogens is 474 g/mol. The summed E-state index contributed by atoms with van der Waals surface area (Å²) in [5, 5.41) is 6.88. The van der Waals surface area contributed by atoms with Crippen LogP contribution in [0.4, 0.5) is 0 Å². The summed E-state index contributed by atoms with van der Waals surface area (Å²) < 4.78 is 11.0. The Morgan fingerprint density at radius 2 is 1.61 bits per heavy atom. The first-order valence-corrected chi connectivity index (χ1v) is 12.7. The summed E-state index contributed by atoms with van der Waals surface area (Å²) in [6.07, 6.45) is 8.93. The number of hydrogen-bond donors (Lipinski definition) is 0. The van der Waals surface area contributed by atoms with Gasteiger partial charge in [0.1, 0.15) is 0 Å². The van der Waals surface area contributed by atoms with Crippen LogP contribution in [0.15, 0.2) is 65.8 Å². The zero-order chi connectivity index (χ0) is 24.2. The Bertz CT molecular complexity index is 1100. The fraction of sp³-hybridized carbons (Fsp3) is 0.448. The Kier molecular flexibility index (Phi) is 8.70. The van der Waals surface area contributed by atoms with E-state index < -0.39 is 0 Å². The molecule has 0 spiro atoms. The number of ether oxygens (including phenoxy) is 2. The normalized spacial score (nSPS) is 22.4. The summed E-state index contributed by atoms with van der Waals surface area (Å²) in [4.78, 5) is 16.1. The average Bonchev–Trinajstić information content (AvgIpc) is 2.93. The Hall–Kier alpha value is -2.83. The molecule has 2 unspecified atom stereocenters. The molecule has 1 fully saturated rings. The van der Waals surface area contributed by atoms with Gasteiger partial charge in [0.2, 0.25) is 5.91 Å². The lowest BCUT2D eigenvalue weighted by Crippen LogP contribution is -2.52. The van der Waals surface area contributed by atoms with Crippen molar-refractivity contribution in [1.82, 2.24) is 9.91 Å². The maximum absolute atomic E-state index is 13.6. The van der Waals surface area contributed by atoms with Crippen molar-refractivity contribution in [3.63, 3.8) is 0 Å². The van der Waals surface area contributed by atoms with Crippen molar-refractivity contribution < 1.29 is 14.3 Å². The molecule has 0 saturated carbocycles. The van der Waals surface area contributed by atoms with Gasteiger partial charge in [-0.2, -0.15) is 5.10 Å². The van der Waals surface area contributed by atoms with Gasteiger partial charge >= 0.3 is 0 Å². The van der Waals surface area contributed by atoms with E-state index in [9.17, 15) is 4.79 Å². The maximum Gasteiger partial charge on any atom is 0.247 e. The third-order valence-corrected chi connectivity index (χ3v) is 7.68. The first-order valence-electron chi connectivity index (χ1n) is 12.7. The van der Waals surface area contributed by atoms with Crippen molar-refractivity contribution in [2.45, 2.75) is 38.1 Å². The number of piperidine rings is 1. The number of nitrogens with zero attached hydrogens (tertiary/aromatic N) is 3. The third-order valence-electron chi connectivity index (χ3n) is 7.68. The lowest BCUT2D eigenvalue weighted by atomic mass is 9.76. The summed E-state index contributed by atoms with van der Waals surface area (Å²) in [6.45, 7) is 3.05. The van der Waals surface area contributed by atoms with E-state index in [4.69, 9.17) is 14.6 Å². The molecule has 192 valence electrons. The van der Waals surface area contributed by atoms with Gasteiger partial charge < -0.3 is 14.4 Å². The van der Waals surface area contributed by atoms with E-state index in [1.54, 1.807) is 14.2 Å². The van der Waals surface area contributed by atoms with Crippen LogP contribution in [0.3, 0.4) is 0 Å². The highest BCUT2D eigenvalue weighted by Crippen LogP contribution is 2.38. The van der Waals surface area contributed by atoms with Crippen LogP contribution in [0.5, 0.6) is 11.5 Å². The number of hydrazone groups is 1. The van der Waals surface area contributed by atoms with Crippen LogP contribution in [-0.2, 0) is 11.2 Å². The molecule has 1 aliphatic carbocycles. The van der Waals surface area contributed by atoms with Crippen molar-refractivity contribution in [1.29, 1.82) is 0 Å². The van der Waals surface area contributed by atoms with Gasteiger partial charge in [-0.05, 0) is 55.9 Å². The molecule has 0 aromatic heterocycles. The number of halogens is 1. The Labute approximate surface area is 220 Å². The summed E-state index contributed by atoms with van der Waals surface area (Å²) in [6, 6.07) is 16.8. The SMILES string of the molecule is COc1ccc(C2=NN(C3CCN(CCc4ccccc4)CC3)C(=O)C3CC=CCC23)cc1OC.Cl. The first kappa shape index (κ1) is 26.2. The summed E-state index contributed by atoms with van der Waals surface area (Å²) >= 11 is 0. The van der Waals surface area contributed by atoms with Crippen molar-refractivity contribution >= 4 is 24.0 Å². The summed E-state index contributed by atoms with van der Waals surface area (Å²) in [5.74, 6) is 1.63. The Morgan fingerprint density at radius 3 is 2.31 bits per heavy atom. The van der Waals surface area contributed by atoms with Crippen LogP contribution < -0.4 is 9.47 Å². The van der Waals surface area contributed by atoms with E-state index in [2.05, 4.69) is 47.4 Å². The van der Waals surface area contributed by atoms with E-state index in [0.29, 0.717) is 11.5 Å². The largest absolute Gasteiger partial charge is 0.493 e. The highest BCUT2D eigenvalue weighted by molar-refractivity contribution is 6.07. The van der Waals surface area contributed by atoms with Crippen LogP contribution in [-0.4, -0.2) is 61.4 Å². The molecule has 0 radical (unpaired) electrons. The molecule has 0 bridgehead atoms. The monoisotopic (exact) mass is 509 g/mol. The molecule has 5 rings (SSSR count). The fourth-order valence-electron chi connectivity index (χ4n) is 5.65. The molecule has 36 heavy (non-hydrogen) atoms. The molecule has 1 saturated heterocycles. The highest BCUT2D eigenvalue weighted by Gasteiger charge is 2.42. The predicted molar refractivity (Wildman–Crippen MR) is 145 cm³/mol. The zero-order valence-electron chi connectivity index (χ0n) is 21.1. The third kappa shape index (κ3) is 5.45. The number of methoxy groups -OCH3 is 2. The van der Waals surface area contributed by atoms with Crippen LogP contribution in [0.2, 0.25) is 0 Å². The minimum Gasteiger partial charge on any atom is -0.493 e. The van der Waals surface area contributed by atoms with Gasteiger partial charge in [0.25, 0.3) is 0 Å². The lowest BCUT2D eigenvalue weighted by molar-refractivity contribution is -0.141. The first-order chi connectivity index (χ1) is 17.2. The molecule has 2 aromatic rings. The van der Waals surface area contributed by atoms with E-state index in [1.807, 2.05) is 23.2 Å². The minimum atomic E-state index is -0.0447. The summed E-state index contributed by atoms with van der Waals surface area (Å²) in [7, 11) is 3.29. The number of likely N-dealkylation sites (tertiary alicyclic amines) is 1. The molecule has 2 aliphatic heterocycles. The Balaban J connectivity index is 0.00000304. The predicted octanol–water partition coefficient (Wildman–Crippen LogP) is 4.96. The average molecular weight is 510 g/mol. The summed E-state index contributed by atoms with van der Waals surface area (Å²) in [5.41, 5.74) is 3.37. The number of hydrogen-bond acceptors (Lipinski definition) is 5. The quantitative estimate of drug-likeness (QED) is 0.495. The van der Waals surface area contributed by atoms with Crippen molar-refractivity contribution in [2.24, 2.45) is 16.9 Å². The van der Waals surface area contributed by atoms with Gasteiger partial charge in [0, 0.05) is 31.1 Å². The molecular formula is C29H36ClN3O3. The second kappa shape index (κ2) is 11.9. The van der Waals surface area contributed by atoms with Crippen molar-refractivity contribution in [2.75, 3.05) is 33.9 Å². The van der Waals surface area contributed by atoms with Gasteiger partial charge in [-0.25, -0.2) is 5.01 Å². The van der Waals surface area contributed by atoms with Crippen molar-refractivity contribution in [3.05, 3.63) is 71.8 Å². The second-order valence-electron chi connectivity index (χ2n) is 9.70. The second-order valence-corrected chi connectivity index (χ2v) is 9.70. The highest BCUT2D eigenvalue weighted by atomic mass is 35.5. The van der Waals surface area contributed by atoms with Crippen LogP contribution in [0.1, 0.15) is 36.8 Å². The smallest absolute Gasteiger partial charge is 0.247 e. The van der Waals surface area contributed by atoms with Gasteiger partial charge in [-0.1, -0.05) is 42.5 Å². The number of carbonyl (C=O) groups is 1. The number of rotatable bonds is 7. The minimum absolute atomic E-state index is 0. The molecule has 2 aromatic carbocycles. The van der Waals surface area contributed by atoms with Crippen LogP contribution >= 0.6 is 12.4 Å². The molecule has 1 amide bonds. The van der Waals surface area contributed by atoms with Crippen LogP contribution in [0.25, 0.3) is 0 Å². The van der Waals surface area contributed by atoms with E-state index in [-0.39, 0.29) is 36.2 Å². The van der Waals surface area contributed by atoms with E-state index in [1.165, 1.54) is 5.56 Å². The van der Waals surface area contributed by atoms with Crippen LogP contribution in [0, 0.1) is 11.8 Å². The molecule has 2 atom stereocenters. The fourth-order valence-corrected chi connectivity index (χ4v) is 5.65. The zero-order valence-corrected chi connectivity index (χ0v) is 22.0. The topological polar surface area (TPSA) is 54.4 Å². The number of allylic oxidation sites excluding steroid dienone is 2. The van der Waals surface area contributed by atoms with E-state index >= 15 is 0 Å². The Morgan fingerprint density at radius 1 is 0.917 bits per heavy atom. The van der Waals surface area contributed by atoms with Crippen molar-refractivity contribution in [3.8, 4) is 11.5 Å². The molecule has 7 heteroatoms. The lowest BCUT2D eigenvalue weighted by Gasteiger charge is -2.42. The molecule has 3 aliphatic rings. The standard InChI is InChI=1S/C29H35N3O3.ClH/c1-34-26-13-12-22(20-27(26)35-2)28-24-10-6-7-11-25(24)29(33)32(30-28)23-15-18-31(19-16-23)17-14-21-8-4-3-5-9-21;/h3-9,12-13,20,23-25H,10-11,14-19H2,1-2H3;1H. The number of amides is 1. The van der Waals surface area contributed by atoms with Gasteiger partial charge in [0.15, 0.2) is 11.5 Å². The number of fused-ring (bicyclic) bond motifs is 1. The maximum atomic E-state index is 13.6.